The zero-order valence-corrected chi connectivity index (χ0v) is 5.52. The van der Waals surface area contributed by atoms with Crippen LogP contribution in [0.25, 0.3) is 11.9 Å². The molecular weight excluding hydrogens is 129 g/mol. The molecule has 1 aromatic rings. The molecule has 0 fully saturated rings. The van der Waals surface area contributed by atoms with Gasteiger partial charge in [-0.2, -0.15) is 0 Å². The molecule has 0 aliphatic heterocycles. The highest BCUT2D eigenvalue weighted by molar-refractivity contribution is 5.65. The Morgan fingerprint density at radius 3 is 2.80 bits per heavy atom. The molecule has 0 bridgehead atoms. The van der Waals surface area contributed by atoms with Gasteiger partial charge in [0.2, 0.25) is 0 Å². The van der Waals surface area contributed by atoms with Crippen LogP contribution < -0.4 is 0 Å². The third-order valence-electron chi connectivity index (χ3n) is 1.27. The fourth-order valence-electron chi connectivity index (χ4n) is 0.786. The number of aromatic nitrogens is 1. The van der Waals surface area contributed by atoms with Crippen molar-refractivity contribution < 1.29 is 4.39 Å². The molecule has 1 rings (SSSR count). The minimum atomic E-state index is -0.458. The second-order valence-corrected chi connectivity index (χ2v) is 1.92. The molecule has 2 heteroatoms. The van der Waals surface area contributed by atoms with Crippen molar-refractivity contribution in [1.82, 2.24) is 4.98 Å². The van der Waals surface area contributed by atoms with Crippen molar-refractivity contribution in [1.29, 1.82) is 0 Å². The number of rotatable bonds is 2. The van der Waals surface area contributed by atoms with E-state index in [1.165, 1.54) is 0 Å². The molecule has 0 amide bonds. The van der Waals surface area contributed by atoms with Crippen LogP contribution in [-0.2, 0) is 0 Å². The summed E-state index contributed by atoms with van der Waals surface area (Å²) in [5.74, 6) is -0.458. The van der Waals surface area contributed by atoms with Crippen LogP contribution in [-0.4, -0.2) is 4.98 Å². The van der Waals surface area contributed by atoms with E-state index in [2.05, 4.69) is 18.1 Å². The van der Waals surface area contributed by atoms with E-state index >= 15 is 0 Å². The quantitative estimate of drug-likeness (QED) is 0.644. The number of hydrogen-bond donors (Lipinski definition) is 1. The van der Waals surface area contributed by atoms with Crippen molar-refractivity contribution in [2.24, 2.45) is 0 Å². The second-order valence-electron chi connectivity index (χ2n) is 1.92. The standard InChI is InChI=1S/C8H8FN/c1-3-7-4-5-10-8(7)6(2)9/h3-5,10H,1-2H2. The summed E-state index contributed by atoms with van der Waals surface area (Å²) in [5.41, 5.74) is 1.16. The van der Waals surface area contributed by atoms with Gasteiger partial charge in [-0.25, -0.2) is 4.39 Å². The smallest absolute Gasteiger partial charge is 0.140 e. The molecule has 0 spiro atoms. The lowest BCUT2D eigenvalue weighted by atomic mass is 10.2. The lowest BCUT2D eigenvalue weighted by Gasteiger charge is -1.91. The molecule has 0 radical (unpaired) electrons. The second kappa shape index (κ2) is 2.52. The normalized spacial score (nSPS) is 9.30. The molecule has 1 nitrogen and oxygen atoms in total. The maximum absolute atomic E-state index is 12.4. The molecule has 0 aromatic carbocycles. The van der Waals surface area contributed by atoms with Gasteiger partial charge < -0.3 is 4.98 Å². The molecule has 0 saturated carbocycles. The Kier molecular flexibility index (Phi) is 1.71. The Hall–Kier alpha value is -1.31. The van der Waals surface area contributed by atoms with Gasteiger partial charge in [0.1, 0.15) is 5.83 Å². The topological polar surface area (TPSA) is 15.8 Å². The summed E-state index contributed by atoms with van der Waals surface area (Å²) in [6, 6.07) is 1.74. The van der Waals surface area contributed by atoms with Crippen LogP contribution in [0.3, 0.4) is 0 Å². The van der Waals surface area contributed by atoms with Gasteiger partial charge in [0.15, 0.2) is 0 Å². The van der Waals surface area contributed by atoms with E-state index in [1.54, 1.807) is 18.3 Å². The molecule has 52 valence electrons. The lowest BCUT2D eigenvalue weighted by molar-refractivity contribution is 0.757. The Bertz CT molecular complexity index is 260. The highest BCUT2D eigenvalue weighted by Crippen LogP contribution is 2.17. The Balaban J connectivity index is 3.13. The summed E-state index contributed by atoms with van der Waals surface area (Å²) in [6.45, 7) is 6.68. The average molecular weight is 137 g/mol. The van der Waals surface area contributed by atoms with E-state index in [0.29, 0.717) is 5.69 Å². The van der Waals surface area contributed by atoms with E-state index in [0.717, 1.165) is 5.56 Å². The Morgan fingerprint density at radius 1 is 1.70 bits per heavy atom. The van der Waals surface area contributed by atoms with Crippen molar-refractivity contribution in [2.45, 2.75) is 0 Å². The zero-order valence-electron chi connectivity index (χ0n) is 5.52. The first-order valence-electron chi connectivity index (χ1n) is 2.90. The van der Waals surface area contributed by atoms with E-state index in [4.69, 9.17) is 0 Å². The first-order chi connectivity index (χ1) is 4.75. The first kappa shape index (κ1) is 6.81. The van der Waals surface area contributed by atoms with Crippen LogP contribution in [0.1, 0.15) is 11.3 Å². The number of nitrogens with one attached hydrogen (secondary N) is 1. The number of hydrogen-bond acceptors (Lipinski definition) is 0. The van der Waals surface area contributed by atoms with Crippen LogP contribution in [0.15, 0.2) is 25.4 Å². The number of H-pyrrole nitrogens is 1. The van der Waals surface area contributed by atoms with Crippen molar-refractivity contribution in [3.05, 3.63) is 36.7 Å². The summed E-state index contributed by atoms with van der Waals surface area (Å²) < 4.78 is 12.4. The van der Waals surface area contributed by atoms with Gasteiger partial charge in [-0.15, -0.1) is 0 Å². The first-order valence-corrected chi connectivity index (χ1v) is 2.90. The molecule has 1 heterocycles. The maximum atomic E-state index is 12.4. The third-order valence-corrected chi connectivity index (χ3v) is 1.27. The molecule has 1 aromatic heterocycles. The largest absolute Gasteiger partial charge is 0.359 e. The molecule has 0 saturated heterocycles. The van der Waals surface area contributed by atoms with Gasteiger partial charge in [0.25, 0.3) is 0 Å². The van der Waals surface area contributed by atoms with E-state index in [1.807, 2.05) is 0 Å². The van der Waals surface area contributed by atoms with E-state index in [9.17, 15) is 4.39 Å². The Labute approximate surface area is 58.9 Å². The van der Waals surface area contributed by atoms with Gasteiger partial charge in [-0.05, 0) is 6.07 Å². The van der Waals surface area contributed by atoms with E-state index in [-0.39, 0.29) is 0 Å². The van der Waals surface area contributed by atoms with E-state index < -0.39 is 5.83 Å². The molecular formula is C8H8FN. The summed E-state index contributed by atoms with van der Waals surface area (Å²) in [6.07, 6.45) is 3.23. The lowest BCUT2D eigenvalue weighted by Crippen LogP contribution is -1.77. The van der Waals surface area contributed by atoms with Crippen LogP contribution in [0.4, 0.5) is 4.39 Å². The fourth-order valence-corrected chi connectivity index (χ4v) is 0.786. The molecule has 1 N–H and O–H groups in total. The molecule has 0 unspecified atom stereocenters. The van der Waals surface area contributed by atoms with Crippen LogP contribution in [0.2, 0.25) is 0 Å². The maximum Gasteiger partial charge on any atom is 0.140 e. The molecule has 0 atom stereocenters. The monoisotopic (exact) mass is 137 g/mol. The van der Waals surface area contributed by atoms with Gasteiger partial charge in [-0.1, -0.05) is 19.2 Å². The van der Waals surface area contributed by atoms with Crippen molar-refractivity contribution in [3.63, 3.8) is 0 Å². The molecule has 10 heavy (non-hydrogen) atoms. The summed E-state index contributed by atoms with van der Waals surface area (Å²) in [4.78, 5) is 2.71. The third kappa shape index (κ3) is 1.00. The van der Waals surface area contributed by atoms with Crippen molar-refractivity contribution >= 4 is 11.9 Å². The summed E-state index contributed by atoms with van der Waals surface area (Å²) >= 11 is 0. The predicted molar refractivity (Wildman–Crippen MR) is 41.0 cm³/mol. The predicted octanol–water partition coefficient (Wildman–Crippen LogP) is 2.60. The van der Waals surface area contributed by atoms with Gasteiger partial charge in [0.05, 0.1) is 5.69 Å². The van der Waals surface area contributed by atoms with Crippen LogP contribution in [0, 0.1) is 0 Å². The van der Waals surface area contributed by atoms with Crippen molar-refractivity contribution in [3.8, 4) is 0 Å². The highest BCUT2D eigenvalue weighted by Gasteiger charge is 2.01. The van der Waals surface area contributed by atoms with Crippen molar-refractivity contribution in [2.75, 3.05) is 0 Å². The molecule has 0 aliphatic rings. The van der Waals surface area contributed by atoms with Crippen LogP contribution >= 0.6 is 0 Å². The minimum Gasteiger partial charge on any atom is -0.359 e. The number of halogens is 1. The summed E-state index contributed by atoms with van der Waals surface area (Å²) in [5, 5.41) is 0. The van der Waals surface area contributed by atoms with Gasteiger partial charge in [0, 0.05) is 11.8 Å². The minimum absolute atomic E-state index is 0.412. The molecule has 0 aliphatic carbocycles. The van der Waals surface area contributed by atoms with Gasteiger partial charge in [-0.3, -0.25) is 0 Å². The summed E-state index contributed by atoms with van der Waals surface area (Å²) in [7, 11) is 0. The highest BCUT2D eigenvalue weighted by atomic mass is 19.1. The Morgan fingerprint density at radius 2 is 2.40 bits per heavy atom. The average Bonchev–Trinajstić information content (AvgIpc) is 2.33. The fraction of sp³-hybridized carbons (Fsp3) is 0. The van der Waals surface area contributed by atoms with Crippen LogP contribution in [0.5, 0.6) is 0 Å². The zero-order chi connectivity index (χ0) is 7.56. The van der Waals surface area contributed by atoms with Gasteiger partial charge >= 0.3 is 0 Å². The number of aromatic amines is 1. The SMILES string of the molecule is C=Cc1cc[nH]c1C(=C)F.